The van der Waals surface area contributed by atoms with Crippen molar-refractivity contribution < 1.29 is 14.3 Å². The van der Waals surface area contributed by atoms with E-state index in [9.17, 15) is 9.59 Å². The molecule has 0 heterocycles. The molecule has 0 saturated carbocycles. The zero-order valence-corrected chi connectivity index (χ0v) is 11.8. The van der Waals surface area contributed by atoms with Gasteiger partial charge in [-0.1, -0.05) is 0 Å². The van der Waals surface area contributed by atoms with Gasteiger partial charge in [-0.15, -0.1) is 0 Å². The molecule has 1 aromatic carbocycles. The largest absolute Gasteiger partial charge is 0.484 e. The van der Waals surface area contributed by atoms with E-state index in [1.807, 2.05) is 27.7 Å². The predicted octanol–water partition coefficient (Wildman–Crippen LogP) is 2.17. The minimum Gasteiger partial charge on any atom is -0.484 e. The number of rotatable bonds is 6. The summed E-state index contributed by atoms with van der Waals surface area (Å²) >= 11 is 0. The van der Waals surface area contributed by atoms with Gasteiger partial charge in [-0.3, -0.25) is 9.59 Å². The lowest BCUT2D eigenvalue weighted by molar-refractivity contribution is -0.136. The van der Waals surface area contributed by atoms with Crippen molar-refractivity contribution in [3.8, 4) is 5.75 Å². The lowest BCUT2D eigenvalue weighted by atomic mass is 10.2. The summed E-state index contributed by atoms with van der Waals surface area (Å²) in [5.74, 6) is 0.524. The molecule has 0 unspecified atom stereocenters. The van der Waals surface area contributed by atoms with Gasteiger partial charge in [0.25, 0.3) is 5.91 Å². The Bertz CT molecular complexity index is 416. The van der Waals surface area contributed by atoms with Gasteiger partial charge >= 0.3 is 0 Å². The van der Waals surface area contributed by atoms with Crippen LogP contribution in [0.15, 0.2) is 24.3 Å². The summed E-state index contributed by atoms with van der Waals surface area (Å²) in [5.41, 5.74) is 0.463. The molecule has 0 spiro atoms. The van der Waals surface area contributed by atoms with Crippen LogP contribution in [0, 0.1) is 0 Å². The summed E-state index contributed by atoms with van der Waals surface area (Å²) in [5, 5.41) is 0. The van der Waals surface area contributed by atoms with Crippen LogP contribution in [0.5, 0.6) is 5.75 Å². The fraction of sp³-hybridized carbons (Fsp3) is 0.467. The molecule has 0 saturated heterocycles. The summed E-state index contributed by atoms with van der Waals surface area (Å²) < 4.78 is 5.43. The zero-order chi connectivity index (χ0) is 14.4. The van der Waals surface area contributed by atoms with Crippen LogP contribution in [0.25, 0.3) is 0 Å². The molecule has 4 heteroatoms. The van der Waals surface area contributed by atoms with Crippen LogP contribution in [0.3, 0.4) is 0 Å². The van der Waals surface area contributed by atoms with Crippen molar-refractivity contribution in [2.45, 2.75) is 39.8 Å². The third-order valence-electron chi connectivity index (χ3n) is 2.74. The Morgan fingerprint density at radius 3 is 2.11 bits per heavy atom. The molecule has 103 valence electrons. The number of amides is 1. The number of carbonyl (C=O) groups excluding carboxylic acids is 2. The van der Waals surface area contributed by atoms with Crippen LogP contribution in [0.4, 0.5) is 0 Å². The van der Waals surface area contributed by atoms with E-state index in [2.05, 4.69) is 0 Å². The summed E-state index contributed by atoms with van der Waals surface area (Å²) in [6.45, 7) is 7.92. The molecule has 1 amide bonds. The normalized spacial score (nSPS) is 10.6. The van der Waals surface area contributed by atoms with Gasteiger partial charge in [-0.05, 0) is 52.0 Å². The summed E-state index contributed by atoms with van der Waals surface area (Å²) in [4.78, 5) is 24.2. The maximum absolute atomic E-state index is 12.1. The molecule has 4 nitrogen and oxygen atoms in total. The fourth-order valence-corrected chi connectivity index (χ4v) is 2.01. The highest BCUT2D eigenvalue weighted by atomic mass is 16.5. The number of ether oxygens (including phenoxy) is 1. The van der Waals surface area contributed by atoms with E-state index in [1.165, 1.54) is 0 Å². The molecule has 0 bridgehead atoms. The molecule has 0 atom stereocenters. The highest BCUT2D eigenvalue weighted by Crippen LogP contribution is 2.12. The van der Waals surface area contributed by atoms with Crippen LogP contribution < -0.4 is 4.74 Å². The quantitative estimate of drug-likeness (QED) is 0.789. The Morgan fingerprint density at radius 2 is 1.68 bits per heavy atom. The van der Waals surface area contributed by atoms with Crippen molar-refractivity contribution in [1.29, 1.82) is 0 Å². The molecule has 1 radical (unpaired) electrons. The molecular formula is C15H20NO3. The van der Waals surface area contributed by atoms with Gasteiger partial charge < -0.3 is 9.64 Å². The number of hydrogen-bond donors (Lipinski definition) is 0. The molecule has 19 heavy (non-hydrogen) atoms. The minimum atomic E-state index is -0.0453. The fourth-order valence-electron chi connectivity index (χ4n) is 2.01. The van der Waals surface area contributed by atoms with Crippen molar-refractivity contribution >= 4 is 12.2 Å². The minimum absolute atomic E-state index is 0.000506. The zero-order valence-electron chi connectivity index (χ0n) is 11.8. The monoisotopic (exact) mass is 262 g/mol. The first-order chi connectivity index (χ1) is 8.95. The van der Waals surface area contributed by atoms with Crippen molar-refractivity contribution in [1.82, 2.24) is 4.90 Å². The van der Waals surface area contributed by atoms with Crippen LogP contribution in [0.1, 0.15) is 33.3 Å². The van der Waals surface area contributed by atoms with Gasteiger partial charge in [0, 0.05) is 17.6 Å². The maximum atomic E-state index is 12.1. The molecule has 0 fully saturated rings. The smallest absolute Gasteiger partial charge is 0.260 e. The van der Waals surface area contributed by atoms with Crippen molar-refractivity contribution in [3.63, 3.8) is 0 Å². The standard InChI is InChI=1S/C15H20NO3/c1-11(2)16(12(3)4)15(18)10-19-14-7-5-13(9-17)6-8-14/h5-8,11-12H,10H2,1-4H3. The number of carbonyl (C=O) groups is 1. The van der Waals surface area contributed by atoms with Crippen LogP contribution in [0.2, 0.25) is 0 Å². The van der Waals surface area contributed by atoms with Crippen molar-refractivity contribution in [3.05, 3.63) is 29.8 Å². The van der Waals surface area contributed by atoms with E-state index >= 15 is 0 Å². The highest BCUT2D eigenvalue weighted by Gasteiger charge is 2.20. The van der Waals surface area contributed by atoms with E-state index in [1.54, 1.807) is 35.5 Å². The highest BCUT2D eigenvalue weighted by molar-refractivity contribution is 5.78. The number of nitrogens with zero attached hydrogens (tertiary/aromatic N) is 1. The Labute approximate surface area is 114 Å². The number of benzene rings is 1. The summed E-state index contributed by atoms with van der Waals surface area (Å²) in [6.07, 6.45) is 1.79. The molecule has 0 aliphatic carbocycles. The lowest BCUT2D eigenvalue weighted by Gasteiger charge is -2.30. The maximum Gasteiger partial charge on any atom is 0.260 e. The Morgan fingerprint density at radius 1 is 1.16 bits per heavy atom. The SMILES string of the molecule is CC(C)N(C(=O)COc1ccc([C]=O)cc1)C(C)C. The van der Waals surface area contributed by atoms with Crippen LogP contribution >= 0.6 is 0 Å². The molecule has 0 aliphatic heterocycles. The van der Waals surface area contributed by atoms with Crippen LogP contribution in [-0.2, 0) is 9.59 Å². The molecule has 1 rings (SSSR count). The Balaban J connectivity index is 2.59. The lowest BCUT2D eigenvalue weighted by Crippen LogP contribution is -2.44. The summed E-state index contributed by atoms with van der Waals surface area (Å²) in [6, 6.07) is 6.81. The average Bonchev–Trinajstić information content (AvgIpc) is 2.36. The van der Waals surface area contributed by atoms with E-state index < -0.39 is 0 Å². The van der Waals surface area contributed by atoms with Gasteiger partial charge in [-0.25, -0.2) is 0 Å². The first-order valence-corrected chi connectivity index (χ1v) is 6.38. The average molecular weight is 262 g/mol. The second-order valence-corrected chi connectivity index (χ2v) is 4.90. The predicted molar refractivity (Wildman–Crippen MR) is 73.9 cm³/mol. The second-order valence-electron chi connectivity index (χ2n) is 4.90. The van der Waals surface area contributed by atoms with Crippen molar-refractivity contribution in [2.75, 3.05) is 6.61 Å². The third kappa shape index (κ3) is 4.39. The third-order valence-corrected chi connectivity index (χ3v) is 2.74. The van der Waals surface area contributed by atoms with Gasteiger partial charge in [0.1, 0.15) is 5.75 Å². The van der Waals surface area contributed by atoms with Crippen molar-refractivity contribution in [2.24, 2.45) is 0 Å². The first-order valence-electron chi connectivity index (χ1n) is 6.38. The Hall–Kier alpha value is -1.84. The van der Waals surface area contributed by atoms with Gasteiger partial charge in [-0.2, -0.15) is 0 Å². The van der Waals surface area contributed by atoms with E-state index in [0.29, 0.717) is 11.3 Å². The van der Waals surface area contributed by atoms with E-state index in [4.69, 9.17) is 4.74 Å². The van der Waals surface area contributed by atoms with Gasteiger partial charge in [0.05, 0.1) is 0 Å². The molecule has 0 aromatic heterocycles. The topological polar surface area (TPSA) is 46.6 Å². The molecule has 1 aromatic rings. The Kier molecular flexibility index (Phi) is 5.55. The summed E-state index contributed by atoms with van der Waals surface area (Å²) in [7, 11) is 0. The molecular weight excluding hydrogens is 242 g/mol. The number of hydrogen-bond acceptors (Lipinski definition) is 3. The van der Waals surface area contributed by atoms with Gasteiger partial charge in [0.2, 0.25) is 6.29 Å². The molecule has 0 aliphatic rings. The van der Waals surface area contributed by atoms with E-state index in [0.717, 1.165) is 0 Å². The molecule has 0 N–H and O–H groups in total. The van der Waals surface area contributed by atoms with E-state index in [-0.39, 0.29) is 24.6 Å². The first kappa shape index (κ1) is 15.2. The van der Waals surface area contributed by atoms with Crippen LogP contribution in [-0.4, -0.2) is 35.8 Å². The van der Waals surface area contributed by atoms with Gasteiger partial charge in [0.15, 0.2) is 6.61 Å². The second kappa shape index (κ2) is 6.92.